The third-order valence-electron chi connectivity index (χ3n) is 4.25. The molecule has 0 spiro atoms. The Morgan fingerprint density at radius 2 is 2.41 bits per heavy atom. The third kappa shape index (κ3) is 3.77. The van der Waals surface area contributed by atoms with Gasteiger partial charge in [-0.3, -0.25) is 9.48 Å². The number of amides is 1. The summed E-state index contributed by atoms with van der Waals surface area (Å²) >= 11 is 1.77. The molecular weight excluding hydrogens is 294 g/mol. The predicted molar refractivity (Wildman–Crippen MR) is 89.0 cm³/mol. The van der Waals surface area contributed by atoms with Crippen molar-refractivity contribution in [3.05, 3.63) is 40.3 Å². The van der Waals surface area contributed by atoms with Crippen molar-refractivity contribution in [3.63, 3.8) is 0 Å². The van der Waals surface area contributed by atoms with E-state index in [2.05, 4.69) is 33.7 Å². The van der Waals surface area contributed by atoms with Gasteiger partial charge in [0.25, 0.3) is 0 Å². The lowest BCUT2D eigenvalue weighted by Gasteiger charge is -2.24. The highest BCUT2D eigenvalue weighted by Gasteiger charge is 2.28. The Bertz CT molecular complexity index is 605. The molecule has 0 N–H and O–H groups in total. The van der Waals surface area contributed by atoms with E-state index in [1.54, 1.807) is 11.3 Å². The number of hydrogen-bond donors (Lipinski definition) is 0. The number of aryl methyl sites for hydroxylation is 2. The van der Waals surface area contributed by atoms with Gasteiger partial charge in [-0.2, -0.15) is 5.10 Å². The number of aromatic nitrogens is 2. The normalized spacial score (nSPS) is 18.0. The maximum absolute atomic E-state index is 12.5. The molecule has 22 heavy (non-hydrogen) atoms. The minimum atomic E-state index is 0.308. The lowest BCUT2D eigenvalue weighted by atomic mass is 10.1. The predicted octanol–water partition coefficient (Wildman–Crippen LogP) is 3.27. The molecule has 1 fully saturated rings. The van der Waals surface area contributed by atoms with E-state index in [9.17, 15) is 4.79 Å². The first-order valence-electron chi connectivity index (χ1n) is 8.03. The fourth-order valence-electron chi connectivity index (χ4n) is 3.15. The van der Waals surface area contributed by atoms with Gasteiger partial charge in [0.05, 0.1) is 18.8 Å². The summed E-state index contributed by atoms with van der Waals surface area (Å²) in [6.07, 6.45) is 8.76. The molecule has 1 saturated heterocycles. The largest absolute Gasteiger partial charge is 0.338 e. The fraction of sp³-hybridized carbons (Fsp3) is 0.529. The van der Waals surface area contributed by atoms with Crippen molar-refractivity contribution in [3.8, 4) is 0 Å². The minimum absolute atomic E-state index is 0.308. The monoisotopic (exact) mass is 317 g/mol. The van der Waals surface area contributed by atoms with Crippen LogP contribution in [0.2, 0.25) is 0 Å². The van der Waals surface area contributed by atoms with Crippen molar-refractivity contribution in [2.45, 2.75) is 51.6 Å². The van der Waals surface area contributed by atoms with Gasteiger partial charge in [-0.15, -0.1) is 11.3 Å². The summed E-state index contributed by atoms with van der Waals surface area (Å²) in [7, 11) is 0. The molecule has 118 valence electrons. The summed E-state index contributed by atoms with van der Waals surface area (Å²) < 4.78 is 1.97. The standard InChI is InChI=1S/C17H23N3OS/c1-14-11-18-19(12-14)13-15-5-3-9-20(15)17(21)8-2-6-16-7-4-10-22-16/h4,7,10-12,15H,2-3,5-6,8-9,13H2,1H3. The van der Waals surface area contributed by atoms with Crippen LogP contribution in [-0.4, -0.2) is 33.2 Å². The van der Waals surface area contributed by atoms with Crippen LogP contribution in [0, 0.1) is 6.92 Å². The Morgan fingerprint density at radius 3 is 3.14 bits per heavy atom. The van der Waals surface area contributed by atoms with Crippen molar-refractivity contribution in [1.82, 2.24) is 14.7 Å². The second-order valence-corrected chi connectivity index (χ2v) is 7.09. The number of carbonyl (C=O) groups is 1. The maximum atomic E-state index is 12.5. The van der Waals surface area contributed by atoms with E-state index >= 15 is 0 Å². The number of hydrogen-bond acceptors (Lipinski definition) is 3. The SMILES string of the molecule is Cc1cnn(CC2CCCN2C(=O)CCCc2cccs2)c1. The van der Waals surface area contributed by atoms with Gasteiger partial charge in [-0.1, -0.05) is 6.07 Å². The highest BCUT2D eigenvalue weighted by Crippen LogP contribution is 2.21. The van der Waals surface area contributed by atoms with Gasteiger partial charge in [0.15, 0.2) is 0 Å². The molecule has 4 nitrogen and oxygen atoms in total. The number of thiophene rings is 1. The van der Waals surface area contributed by atoms with Crippen LogP contribution in [0.25, 0.3) is 0 Å². The summed E-state index contributed by atoms with van der Waals surface area (Å²) in [5.74, 6) is 0.308. The molecule has 0 aromatic carbocycles. The highest BCUT2D eigenvalue weighted by molar-refractivity contribution is 7.09. The van der Waals surface area contributed by atoms with Gasteiger partial charge >= 0.3 is 0 Å². The Morgan fingerprint density at radius 1 is 1.50 bits per heavy atom. The molecule has 1 atom stereocenters. The van der Waals surface area contributed by atoms with Gasteiger partial charge in [0.1, 0.15) is 0 Å². The van der Waals surface area contributed by atoms with Crippen LogP contribution in [0.4, 0.5) is 0 Å². The molecule has 1 aliphatic rings. The number of carbonyl (C=O) groups excluding carboxylic acids is 1. The molecule has 0 radical (unpaired) electrons. The van der Waals surface area contributed by atoms with Crippen molar-refractivity contribution in [2.75, 3.05) is 6.54 Å². The van der Waals surface area contributed by atoms with Gasteiger partial charge in [0.2, 0.25) is 5.91 Å². The molecule has 5 heteroatoms. The summed E-state index contributed by atoms with van der Waals surface area (Å²) in [5.41, 5.74) is 1.17. The summed E-state index contributed by atoms with van der Waals surface area (Å²) in [5, 5.41) is 6.45. The molecule has 2 aromatic rings. The molecule has 1 aliphatic heterocycles. The molecule has 1 amide bonds. The van der Waals surface area contributed by atoms with Crippen molar-refractivity contribution < 1.29 is 4.79 Å². The molecule has 0 bridgehead atoms. The van der Waals surface area contributed by atoms with E-state index in [0.717, 1.165) is 38.8 Å². The molecule has 0 aliphatic carbocycles. The summed E-state index contributed by atoms with van der Waals surface area (Å²) in [4.78, 5) is 15.9. The zero-order valence-electron chi connectivity index (χ0n) is 13.1. The zero-order valence-corrected chi connectivity index (χ0v) is 13.9. The molecule has 1 unspecified atom stereocenters. The zero-order chi connectivity index (χ0) is 15.4. The highest BCUT2D eigenvalue weighted by atomic mass is 32.1. The first kappa shape index (κ1) is 15.3. The van der Waals surface area contributed by atoms with Crippen LogP contribution < -0.4 is 0 Å². The van der Waals surface area contributed by atoms with Gasteiger partial charge in [0, 0.05) is 24.0 Å². The maximum Gasteiger partial charge on any atom is 0.222 e. The van der Waals surface area contributed by atoms with E-state index in [0.29, 0.717) is 18.4 Å². The molecular formula is C17H23N3OS. The molecule has 3 heterocycles. The lowest BCUT2D eigenvalue weighted by molar-refractivity contribution is -0.132. The third-order valence-corrected chi connectivity index (χ3v) is 5.19. The number of rotatable bonds is 6. The molecule has 2 aromatic heterocycles. The molecule has 3 rings (SSSR count). The van der Waals surface area contributed by atoms with Gasteiger partial charge in [-0.05, 0) is 49.6 Å². The van der Waals surface area contributed by atoms with Crippen molar-refractivity contribution >= 4 is 17.2 Å². The van der Waals surface area contributed by atoms with E-state index in [1.807, 2.05) is 17.8 Å². The summed E-state index contributed by atoms with van der Waals surface area (Å²) in [6.45, 7) is 3.78. The van der Waals surface area contributed by atoms with E-state index in [-0.39, 0.29) is 0 Å². The van der Waals surface area contributed by atoms with Crippen LogP contribution in [0.1, 0.15) is 36.1 Å². The average molecular weight is 317 g/mol. The van der Waals surface area contributed by atoms with Crippen molar-refractivity contribution in [1.29, 1.82) is 0 Å². The number of likely N-dealkylation sites (tertiary alicyclic amines) is 1. The van der Waals surface area contributed by atoms with E-state index < -0.39 is 0 Å². The smallest absolute Gasteiger partial charge is 0.222 e. The topological polar surface area (TPSA) is 38.1 Å². The van der Waals surface area contributed by atoms with Crippen LogP contribution in [-0.2, 0) is 17.8 Å². The minimum Gasteiger partial charge on any atom is -0.338 e. The molecule has 0 saturated carbocycles. The van der Waals surface area contributed by atoms with Crippen LogP contribution in [0.15, 0.2) is 29.9 Å². The number of nitrogens with zero attached hydrogens (tertiary/aromatic N) is 3. The van der Waals surface area contributed by atoms with E-state index in [4.69, 9.17) is 0 Å². The second-order valence-electron chi connectivity index (χ2n) is 6.06. The van der Waals surface area contributed by atoms with Gasteiger partial charge < -0.3 is 4.90 Å². The lowest BCUT2D eigenvalue weighted by Crippen LogP contribution is -2.38. The Balaban J connectivity index is 1.50. The van der Waals surface area contributed by atoms with Crippen LogP contribution in [0.5, 0.6) is 0 Å². The first-order chi connectivity index (χ1) is 10.7. The second kappa shape index (κ2) is 7.09. The van der Waals surface area contributed by atoms with Crippen molar-refractivity contribution in [2.24, 2.45) is 0 Å². The van der Waals surface area contributed by atoms with Crippen LogP contribution >= 0.6 is 11.3 Å². The van der Waals surface area contributed by atoms with E-state index in [1.165, 1.54) is 10.4 Å². The Labute approximate surface area is 135 Å². The quantitative estimate of drug-likeness (QED) is 0.820. The summed E-state index contributed by atoms with van der Waals surface area (Å²) in [6, 6.07) is 4.53. The Hall–Kier alpha value is -1.62. The fourth-order valence-corrected chi connectivity index (χ4v) is 3.90. The average Bonchev–Trinajstić information content (AvgIpc) is 3.21. The van der Waals surface area contributed by atoms with Gasteiger partial charge in [-0.25, -0.2) is 0 Å². The Kier molecular flexibility index (Phi) is 4.93. The first-order valence-corrected chi connectivity index (χ1v) is 8.91. The van der Waals surface area contributed by atoms with Crippen LogP contribution in [0.3, 0.4) is 0 Å².